The van der Waals surface area contributed by atoms with Crippen molar-refractivity contribution >= 4 is 11.6 Å². The first-order valence-corrected chi connectivity index (χ1v) is 7.00. The van der Waals surface area contributed by atoms with Crippen LogP contribution in [-0.2, 0) is 6.42 Å². The third-order valence-electron chi connectivity index (χ3n) is 2.95. The number of halogens is 1. The average molecular weight is 270 g/mol. The van der Waals surface area contributed by atoms with Crippen LogP contribution in [0.1, 0.15) is 32.8 Å². The van der Waals surface area contributed by atoms with Gasteiger partial charge in [0.2, 0.25) is 0 Å². The molecule has 18 heavy (non-hydrogen) atoms. The average Bonchev–Trinajstić information content (AvgIpc) is 2.30. The van der Waals surface area contributed by atoms with Gasteiger partial charge in [0, 0.05) is 17.1 Å². The van der Waals surface area contributed by atoms with Gasteiger partial charge < -0.3 is 10.4 Å². The van der Waals surface area contributed by atoms with Gasteiger partial charge in [-0.15, -0.1) is 0 Å². The lowest BCUT2D eigenvalue weighted by Gasteiger charge is -2.23. The van der Waals surface area contributed by atoms with Crippen LogP contribution in [-0.4, -0.2) is 23.8 Å². The Kier molecular flexibility index (Phi) is 6.69. The Morgan fingerprint density at radius 1 is 1.17 bits per heavy atom. The van der Waals surface area contributed by atoms with Gasteiger partial charge in [-0.3, -0.25) is 0 Å². The van der Waals surface area contributed by atoms with E-state index in [1.807, 2.05) is 12.1 Å². The van der Waals surface area contributed by atoms with Crippen LogP contribution in [0.4, 0.5) is 0 Å². The highest BCUT2D eigenvalue weighted by molar-refractivity contribution is 6.30. The monoisotopic (exact) mass is 269 g/mol. The molecule has 0 saturated carbocycles. The van der Waals surface area contributed by atoms with Crippen molar-refractivity contribution in [1.82, 2.24) is 5.32 Å². The number of aliphatic hydroxyl groups is 1. The van der Waals surface area contributed by atoms with Crippen LogP contribution >= 0.6 is 11.6 Å². The van der Waals surface area contributed by atoms with Gasteiger partial charge in [0.05, 0.1) is 6.61 Å². The summed E-state index contributed by atoms with van der Waals surface area (Å²) >= 11 is 5.86. The molecule has 0 aromatic heterocycles. The first kappa shape index (κ1) is 15.5. The number of aliphatic hydroxyl groups excluding tert-OH is 1. The summed E-state index contributed by atoms with van der Waals surface area (Å²) in [6.07, 6.45) is 1.95. The van der Waals surface area contributed by atoms with E-state index in [2.05, 4.69) is 38.2 Å². The minimum atomic E-state index is 0.187. The van der Waals surface area contributed by atoms with Crippen molar-refractivity contribution in [1.29, 1.82) is 0 Å². The Balaban J connectivity index is 2.44. The lowest BCUT2D eigenvalue weighted by molar-refractivity contribution is 0.214. The van der Waals surface area contributed by atoms with Crippen LogP contribution in [0.5, 0.6) is 0 Å². The Labute approximate surface area is 115 Å². The molecule has 2 atom stereocenters. The summed E-state index contributed by atoms with van der Waals surface area (Å²) in [5.74, 6) is 0.595. The van der Waals surface area contributed by atoms with Gasteiger partial charge in [-0.2, -0.15) is 0 Å². The van der Waals surface area contributed by atoms with Crippen LogP contribution in [0.25, 0.3) is 0 Å². The molecule has 0 aliphatic rings. The van der Waals surface area contributed by atoms with E-state index in [-0.39, 0.29) is 12.6 Å². The summed E-state index contributed by atoms with van der Waals surface area (Å²) in [6, 6.07) is 8.48. The van der Waals surface area contributed by atoms with E-state index in [0.717, 1.165) is 17.9 Å². The second-order valence-corrected chi connectivity index (χ2v) is 5.84. The fraction of sp³-hybridized carbons (Fsp3) is 0.600. The maximum atomic E-state index is 9.35. The van der Waals surface area contributed by atoms with E-state index >= 15 is 0 Å². The van der Waals surface area contributed by atoms with Gasteiger partial charge in [0.15, 0.2) is 0 Å². The molecule has 0 radical (unpaired) electrons. The summed E-state index contributed by atoms with van der Waals surface area (Å²) in [7, 11) is 0. The van der Waals surface area contributed by atoms with Crippen LogP contribution in [0, 0.1) is 5.92 Å². The molecule has 0 heterocycles. The van der Waals surface area contributed by atoms with E-state index in [0.29, 0.717) is 12.0 Å². The van der Waals surface area contributed by atoms with E-state index in [1.165, 1.54) is 5.56 Å². The molecular formula is C15H24ClNO. The Morgan fingerprint density at radius 2 is 1.78 bits per heavy atom. The van der Waals surface area contributed by atoms with Crippen LogP contribution < -0.4 is 5.32 Å². The molecule has 0 aliphatic carbocycles. The molecule has 2 N–H and O–H groups in total. The zero-order valence-corrected chi connectivity index (χ0v) is 12.2. The molecule has 1 unspecified atom stereocenters. The lowest BCUT2D eigenvalue weighted by atomic mass is 10.0. The third kappa shape index (κ3) is 5.85. The predicted molar refractivity (Wildman–Crippen MR) is 78.1 cm³/mol. The maximum Gasteiger partial charge on any atom is 0.0584 e. The predicted octanol–water partition coefficient (Wildman–Crippen LogP) is 3.27. The smallest absolute Gasteiger partial charge is 0.0584 e. The molecule has 0 aliphatic heterocycles. The molecule has 2 nitrogen and oxygen atoms in total. The summed E-state index contributed by atoms with van der Waals surface area (Å²) < 4.78 is 0. The number of nitrogens with one attached hydrogen (secondary N) is 1. The fourth-order valence-corrected chi connectivity index (χ4v) is 2.33. The van der Waals surface area contributed by atoms with Gasteiger partial charge in [0.25, 0.3) is 0 Å². The first-order valence-electron chi connectivity index (χ1n) is 6.62. The quantitative estimate of drug-likeness (QED) is 0.796. The molecule has 0 bridgehead atoms. The molecular weight excluding hydrogens is 246 g/mol. The minimum Gasteiger partial charge on any atom is -0.395 e. The fourth-order valence-electron chi connectivity index (χ4n) is 2.20. The number of benzene rings is 1. The Hall–Kier alpha value is -0.570. The molecule has 1 aromatic rings. The van der Waals surface area contributed by atoms with Crippen molar-refractivity contribution in [3.8, 4) is 0 Å². The largest absolute Gasteiger partial charge is 0.395 e. The van der Waals surface area contributed by atoms with Gasteiger partial charge in [0.1, 0.15) is 0 Å². The molecule has 3 heteroatoms. The first-order chi connectivity index (χ1) is 8.51. The van der Waals surface area contributed by atoms with Gasteiger partial charge in [-0.1, -0.05) is 37.6 Å². The summed E-state index contributed by atoms with van der Waals surface area (Å²) in [6.45, 7) is 6.70. The summed E-state index contributed by atoms with van der Waals surface area (Å²) in [5.41, 5.74) is 1.26. The van der Waals surface area contributed by atoms with E-state index in [9.17, 15) is 5.11 Å². The molecule has 0 amide bonds. The van der Waals surface area contributed by atoms with E-state index in [4.69, 9.17) is 11.6 Å². The summed E-state index contributed by atoms with van der Waals surface area (Å²) in [4.78, 5) is 0. The summed E-state index contributed by atoms with van der Waals surface area (Å²) in [5, 5.41) is 13.6. The molecule has 0 spiro atoms. The molecule has 1 aromatic carbocycles. The lowest BCUT2D eigenvalue weighted by Crippen LogP contribution is -2.40. The van der Waals surface area contributed by atoms with Crippen molar-refractivity contribution < 1.29 is 5.11 Å². The molecule has 0 fully saturated rings. The minimum absolute atomic E-state index is 0.187. The zero-order valence-electron chi connectivity index (χ0n) is 11.5. The normalized spacial score (nSPS) is 14.8. The van der Waals surface area contributed by atoms with Gasteiger partial charge >= 0.3 is 0 Å². The second kappa shape index (κ2) is 7.78. The highest BCUT2D eigenvalue weighted by Gasteiger charge is 2.13. The third-order valence-corrected chi connectivity index (χ3v) is 3.20. The van der Waals surface area contributed by atoms with Crippen molar-refractivity contribution in [2.75, 3.05) is 6.61 Å². The molecule has 1 rings (SSSR count). The highest BCUT2D eigenvalue weighted by atomic mass is 35.5. The van der Waals surface area contributed by atoms with Gasteiger partial charge in [-0.05, 0) is 43.4 Å². The topological polar surface area (TPSA) is 32.3 Å². The van der Waals surface area contributed by atoms with Crippen molar-refractivity contribution in [3.05, 3.63) is 34.9 Å². The van der Waals surface area contributed by atoms with Crippen LogP contribution in [0.15, 0.2) is 24.3 Å². The molecule has 0 saturated heterocycles. The number of rotatable bonds is 7. The zero-order chi connectivity index (χ0) is 13.5. The Bertz CT molecular complexity index is 337. The highest BCUT2D eigenvalue weighted by Crippen LogP contribution is 2.12. The maximum absolute atomic E-state index is 9.35. The SMILES string of the molecule is CC(C)C[C@@H](CO)NC(C)Cc1ccc(Cl)cc1. The standard InChI is InChI=1S/C15H24ClNO/c1-11(2)8-15(10-18)17-12(3)9-13-4-6-14(16)7-5-13/h4-7,11-12,15,17-18H,8-10H2,1-3H3/t12?,15-/m0/s1. The van der Waals surface area contributed by atoms with Crippen molar-refractivity contribution in [2.45, 2.75) is 45.7 Å². The molecule has 102 valence electrons. The van der Waals surface area contributed by atoms with Crippen molar-refractivity contribution in [3.63, 3.8) is 0 Å². The Morgan fingerprint density at radius 3 is 2.28 bits per heavy atom. The van der Waals surface area contributed by atoms with E-state index < -0.39 is 0 Å². The van der Waals surface area contributed by atoms with Crippen molar-refractivity contribution in [2.24, 2.45) is 5.92 Å². The second-order valence-electron chi connectivity index (χ2n) is 5.41. The van der Waals surface area contributed by atoms with Crippen LogP contribution in [0.2, 0.25) is 5.02 Å². The van der Waals surface area contributed by atoms with E-state index in [1.54, 1.807) is 0 Å². The number of hydrogen-bond donors (Lipinski definition) is 2. The number of hydrogen-bond acceptors (Lipinski definition) is 2. The van der Waals surface area contributed by atoms with Crippen LogP contribution in [0.3, 0.4) is 0 Å². The van der Waals surface area contributed by atoms with Gasteiger partial charge in [-0.25, -0.2) is 0 Å².